The van der Waals surface area contributed by atoms with E-state index in [0.717, 1.165) is 11.3 Å². The average Bonchev–Trinajstić information content (AvgIpc) is 2.41. The minimum absolute atomic E-state index is 0.136. The Morgan fingerprint density at radius 1 is 1.20 bits per heavy atom. The number of hydrogen-bond acceptors (Lipinski definition) is 3. The number of carbonyl (C=O) groups is 1. The number of halogens is 2. The topological polar surface area (TPSA) is 67.2 Å². The number of nitrogen functional groups attached to an aromatic ring is 1. The van der Waals surface area contributed by atoms with Crippen LogP contribution in [0, 0.1) is 12.7 Å². The molecule has 0 aromatic heterocycles. The summed E-state index contributed by atoms with van der Waals surface area (Å²) in [6, 6.07) is 9.45. The number of carbonyl (C=O) groups excluding carboxylic acids is 1. The highest BCUT2D eigenvalue weighted by Gasteiger charge is 2.10. The monoisotopic (exact) mass is 337 g/mol. The maximum Gasteiger partial charge on any atom is 0.255 e. The lowest BCUT2D eigenvalue weighted by Crippen LogP contribution is -2.14. The quantitative estimate of drug-likeness (QED) is 0.593. The number of rotatable bonds is 3. The summed E-state index contributed by atoms with van der Waals surface area (Å²) >= 11 is 3.16. The van der Waals surface area contributed by atoms with Crippen LogP contribution < -0.4 is 16.6 Å². The average molecular weight is 338 g/mol. The normalized spacial score (nSPS) is 10.2. The van der Waals surface area contributed by atoms with Crippen molar-refractivity contribution in [3.05, 3.63) is 57.8 Å². The number of amides is 1. The van der Waals surface area contributed by atoms with Crippen molar-refractivity contribution in [1.82, 2.24) is 0 Å². The van der Waals surface area contributed by atoms with Gasteiger partial charge in [-0.25, -0.2) is 4.39 Å². The number of aryl methyl sites for hydroxylation is 1. The summed E-state index contributed by atoms with van der Waals surface area (Å²) in [5, 5.41) is 2.53. The number of benzene rings is 2. The molecule has 0 fully saturated rings. The predicted molar refractivity (Wildman–Crippen MR) is 81.0 cm³/mol. The highest BCUT2D eigenvalue weighted by molar-refractivity contribution is 9.10. The molecule has 0 atom stereocenters. The number of hydrazine groups is 1. The van der Waals surface area contributed by atoms with E-state index in [1.165, 1.54) is 12.1 Å². The van der Waals surface area contributed by atoms with Gasteiger partial charge in [-0.15, -0.1) is 0 Å². The van der Waals surface area contributed by atoms with E-state index >= 15 is 0 Å². The van der Waals surface area contributed by atoms with Gasteiger partial charge >= 0.3 is 0 Å². The fourth-order valence-corrected chi connectivity index (χ4v) is 2.09. The van der Waals surface area contributed by atoms with Crippen molar-refractivity contribution >= 4 is 33.2 Å². The van der Waals surface area contributed by atoms with E-state index < -0.39 is 5.82 Å². The first kappa shape index (κ1) is 14.5. The highest BCUT2D eigenvalue weighted by Crippen LogP contribution is 2.21. The van der Waals surface area contributed by atoms with Gasteiger partial charge in [0, 0.05) is 10.0 Å². The molecule has 104 valence electrons. The summed E-state index contributed by atoms with van der Waals surface area (Å²) in [5.74, 6) is 4.46. The van der Waals surface area contributed by atoms with Gasteiger partial charge < -0.3 is 10.7 Å². The number of hydrogen-bond donors (Lipinski definition) is 3. The van der Waals surface area contributed by atoms with Crippen molar-refractivity contribution in [3.8, 4) is 0 Å². The van der Waals surface area contributed by atoms with Crippen LogP contribution in [0.4, 0.5) is 15.8 Å². The zero-order valence-electron chi connectivity index (χ0n) is 10.7. The summed E-state index contributed by atoms with van der Waals surface area (Å²) in [6.45, 7) is 1.83. The molecule has 0 aliphatic heterocycles. The lowest BCUT2D eigenvalue weighted by molar-refractivity contribution is 0.102. The van der Waals surface area contributed by atoms with Crippen LogP contribution in [-0.2, 0) is 0 Å². The summed E-state index contributed by atoms with van der Waals surface area (Å²) in [6.07, 6.45) is 0. The fourth-order valence-electron chi connectivity index (χ4n) is 1.75. The van der Waals surface area contributed by atoms with Crippen molar-refractivity contribution in [3.63, 3.8) is 0 Å². The second kappa shape index (κ2) is 6.02. The highest BCUT2D eigenvalue weighted by atomic mass is 79.9. The second-order valence-electron chi connectivity index (χ2n) is 4.25. The molecule has 2 rings (SSSR count). The van der Waals surface area contributed by atoms with Crippen LogP contribution in [0.3, 0.4) is 0 Å². The molecule has 4 nitrogen and oxygen atoms in total. The van der Waals surface area contributed by atoms with Crippen LogP contribution in [-0.4, -0.2) is 5.91 Å². The molecule has 0 bridgehead atoms. The number of nitrogens with two attached hydrogens (primary N) is 1. The van der Waals surface area contributed by atoms with Crippen molar-refractivity contribution in [1.29, 1.82) is 0 Å². The molecule has 0 spiro atoms. The van der Waals surface area contributed by atoms with E-state index in [2.05, 4.69) is 26.7 Å². The summed E-state index contributed by atoms with van der Waals surface area (Å²) in [7, 11) is 0. The molecule has 2 aromatic rings. The molecular formula is C14H13BrFN3O. The molecule has 0 saturated heterocycles. The molecule has 0 aliphatic carbocycles. The van der Waals surface area contributed by atoms with E-state index in [-0.39, 0.29) is 11.6 Å². The van der Waals surface area contributed by atoms with E-state index in [1.807, 2.05) is 6.92 Å². The maximum absolute atomic E-state index is 13.7. The molecule has 1 amide bonds. The van der Waals surface area contributed by atoms with Crippen molar-refractivity contribution in [2.24, 2.45) is 5.84 Å². The molecule has 4 N–H and O–H groups in total. The van der Waals surface area contributed by atoms with Crippen LogP contribution in [0.5, 0.6) is 0 Å². The van der Waals surface area contributed by atoms with Gasteiger partial charge in [-0.3, -0.25) is 10.6 Å². The number of nitrogens with one attached hydrogen (secondary N) is 2. The van der Waals surface area contributed by atoms with Crippen LogP contribution in [0.15, 0.2) is 40.9 Å². The Bertz CT molecular complexity index is 661. The van der Waals surface area contributed by atoms with E-state index in [1.54, 1.807) is 24.3 Å². The summed E-state index contributed by atoms with van der Waals surface area (Å²) in [5.41, 5.74) is 4.66. The standard InChI is InChI=1S/C14H13BrFN3O/c1-8-6-9(2-4-12(8)19-17)14(20)18-13-5-3-10(15)7-11(13)16/h2-7,19H,17H2,1H3,(H,18,20). The van der Waals surface area contributed by atoms with Gasteiger partial charge in [-0.05, 0) is 48.9 Å². The zero-order valence-corrected chi connectivity index (χ0v) is 12.3. The van der Waals surface area contributed by atoms with Crippen molar-refractivity contribution < 1.29 is 9.18 Å². The molecule has 6 heteroatoms. The van der Waals surface area contributed by atoms with Crippen LogP contribution in [0.2, 0.25) is 0 Å². The van der Waals surface area contributed by atoms with Gasteiger partial charge in [0.15, 0.2) is 0 Å². The Morgan fingerprint density at radius 2 is 1.90 bits per heavy atom. The first-order valence-electron chi connectivity index (χ1n) is 5.85. The van der Waals surface area contributed by atoms with Gasteiger partial charge in [-0.1, -0.05) is 15.9 Å². The SMILES string of the molecule is Cc1cc(C(=O)Nc2ccc(Br)cc2F)ccc1NN. The van der Waals surface area contributed by atoms with Gasteiger partial charge in [-0.2, -0.15) is 0 Å². The third-order valence-electron chi connectivity index (χ3n) is 2.82. The molecular weight excluding hydrogens is 325 g/mol. The third kappa shape index (κ3) is 3.15. The summed E-state index contributed by atoms with van der Waals surface area (Å²) in [4.78, 5) is 12.1. The van der Waals surface area contributed by atoms with E-state index in [9.17, 15) is 9.18 Å². The van der Waals surface area contributed by atoms with Crippen molar-refractivity contribution in [2.75, 3.05) is 10.7 Å². The lowest BCUT2D eigenvalue weighted by atomic mass is 10.1. The van der Waals surface area contributed by atoms with Gasteiger partial charge in [0.1, 0.15) is 5.82 Å². The molecule has 0 saturated carbocycles. The minimum Gasteiger partial charge on any atom is -0.324 e. The first-order chi connectivity index (χ1) is 9.51. The maximum atomic E-state index is 13.7. The van der Waals surface area contributed by atoms with Gasteiger partial charge in [0.25, 0.3) is 5.91 Å². The molecule has 0 aliphatic rings. The molecule has 20 heavy (non-hydrogen) atoms. The summed E-state index contributed by atoms with van der Waals surface area (Å²) < 4.78 is 14.3. The van der Waals surface area contributed by atoms with Crippen LogP contribution >= 0.6 is 15.9 Å². The Balaban J connectivity index is 2.21. The largest absolute Gasteiger partial charge is 0.324 e. The smallest absolute Gasteiger partial charge is 0.255 e. The Kier molecular flexibility index (Phi) is 4.36. The minimum atomic E-state index is -0.496. The van der Waals surface area contributed by atoms with E-state index in [0.29, 0.717) is 10.0 Å². The van der Waals surface area contributed by atoms with Crippen LogP contribution in [0.25, 0.3) is 0 Å². The van der Waals surface area contributed by atoms with Gasteiger partial charge in [0.2, 0.25) is 0 Å². The molecule has 0 heterocycles. The zero-order chi connectivity index (χ0) is 14.7. The van der Waals surface area contributed by atoms with Gasteiger partial charge in [0.05, 0.1) is 11.4 Å². The molecule has 0 radical (unpaired) electrons. The van der Waals surface area contributed by atoms with Crippen molar-refractivity contribution in [2.45, 2.75) is 6.92 Å². The first-order valence-corrected chi connectivity index (χ1v) is 6.64. The Morgan fingerprint density at radius 3 is 2.50 bits per heavy atom. The second-order valence-corrected chi connectivity index (χ2v) is 5.17. The van der Waals surface area contributed by atoms with Crippen LogP contribution in [0.1, 0.15) is 15.9 Å². The fraction of sp³-hybridized carbons (Fsp3) is 0.0714. The Hall–Kier alpha value is -1.92. The predicted octanol–water partition coefficient (Wildman–Crippen LogP) is 3.43. The van der Waals surface area contributed by atoms with E-state index in [4.69, 9.17) is 5.84 Å². The molecule has 2 aromatic carbocycles. The lowest BCUT2D eigenvalue weighted by Gasteiger charge is -2.09. The molecule has 0 unspecified atom stereocenters. The third-order valence-corrected chi connectivity index (χ3v) is 3.32. The Labute approximate surface area is 124 Å². The number of anilines is 2.